The van der Waals surface area contributed by atoms with E-state index >= 15 is 0 Å². The summed E-state index contributed by atoms with van der Waals surface area (Å²) in [4.78, 5) is 18.5. The number of para-hydroxylation sites is 1. The van der Waals surface area contributed by atoms with E-state index in [0.29, 0.717) is 16.7 Å². The fourth-order valence-corrected chi connectivity index (χ4v) is 1.32. The third-order valence-corrected chi connectivity index (χ3v) is 2.06. The van der Waals surface area contributed by atoms with E-state index in [-0.39, 0.29) is 11.6 Å². The zero-order valence-corrected chi connectivity index (χ0v) is 7.82. The molecule has 1 atom stereocenters. The highest BCUT2D eigenvalue weighted by atomic mass is 16.1. The van der Waals surface area contributed by atoms with Crippen LogP contribution in [-0.4, -0.2) is 9.97 Å². The molecule has 0 saturated heterocycles. The van der Waals surface area contributed by atoms with Crippen molar-refractivity contribution in [3.05, 3.63) is 40.4 Å². The predicted octanol–water partition coefficient (Wildman–Crippen LogP) is 0.943. The number of hydrogen-bond donors (Lipinski definition) is 2. The van der Waals surface area contributed by atoms with Crippen molar-refractivity contribution in [3.63, 3.8) is 0 Å². The van der Waals surface area contributed by atoms with Crippen molar-refractivity contribution in [3.8, 4) is 0 Å². The zero-order valence-electron chi connectivity index (χ0n) is 7.82. The molecule has 0 unspecified atom stereocenters. The Bertz CT molecular complexity index is 516. The average Bonchev–Trinajstić information content (AvgIpc) is 2.17. The number of aromatic amines is 1. The Hall–Kier alpha value is -1.68. The smallest absolute Gasteiger partial charge is 0.258 e. The van der Waals surface area contributed by atoms with Gasteiger partial charge in [-0.25, -0.2) is 4.98 Å². The van der Waals surface area contributed by atoms with Gasteiger partial charge in [0, 0.05) is 0 Å². The monoisotopic (exact) mass is 189 g/mol. The van der Waals surface area contributed by atoms with Crippen LogP contribution in [0.4, 0.5) is 0 Å². The molecule has 1 heterocycles. The number of H-pyrrole nitrogens is 1. The minimum Gasteiger partial charge on any atom is -0.322 e. The lowest BCUT2D eigenvalue weighted by atomic mass is 10.2. The highest BCUT2D eigenvalue weighted by Crippen LogP contribution is 2.08. The second kappa shape index (κ2) is 3.23. The van der Waals surface area contributed by atoms with Crippen molar-refractivity contribution in [2.45, 2.75) is 13.0 Å². The normalized spacial score (nSPS) is 13.0. The minimum absolute atomic E-state index is 0.136. The Kier molecular flexibility index (Phi) is 2.05. The average molecular weight is 189 g/mol. The van der Waals surface area contributed by atoms with Crippen LogP contribution in [0.25, 0.3) is 10.9 Å². The first-order chi connectivity index (χ1) is 6.68. The number of rotatable bonds is 1. The molecule has 2 rings (SSSR count). The van der Waals surface area contributed by atoms with Gasteiger partial charge in [0.1, 0.15) is 5.82 Å². The Morgan fingerprint density at radius 2 is 2.14 bits per heavy atom. The van der Waals surface area contributed by atoms with E-state index in [4.69, 9.17) is 5.73 Å². The molecule has 4 heteroatoms. The number of nitrogens with zero attached hydrogens (tertiary/aromatic N) is 1. The lowest BCUT2D eigenvalue weighted by Crippen LogP contribution is -2.17. The van der Waals surface area contributed by atoms with Crippen molar-refractivity contribution >= 4 is 10.9 Å². The van der Waals surface area contributed by atoms with E-state index in [1.165, 1.54) is 0 Å². The van der Waals surface area contributed by atoms with Gasteiger partial charge in [-0.05, 0) is 19.1 Å². The summed E-state index contributed by atoms with van der Waals surface area (Å²) in [5.41, 5.74) is 6.19. The highest BCUT2D eigenvalue weighted by Gasteiger charge is 2.05. The SMILES string of the molecule is C[C@@H](N)c1nc2ccccc2c(=O)[nH]1. The number of hydrogen-bond acceptors (Lipinski definition) is 3. The summed E-state index contributed by atoms with van der Waals surface area (Å²) < 4.78 is 0. The van der Waals surface area contributed by atoms with Crippen LogP contribution in [0.15, 0.2) is 29.1 Å². The summed E-state index contributed by atoms with van der Waals surface area (Å²) in [5, 5.41) is 0.594. The summed E-state index contributed by atoms with van der Waals surface area (Å²) in [6, 6.07) is 6.94. The van der Waals surface area contributed by atoms with Crippen LogP contribution in [0.5, 0.6) is 0 Å². The lowest BCUT2D eigenvalue weighted by Gasteiger charge is -2.04. The third-order valence-electron chi connectivity index (χ3n) is 2.06. The van der Waals surface area contributed by atoms with E-state index in [2.05, 4.69) is 9.97 Å². The van der Waals surface area contributed by atoms with Crippen LogP contribution < -0.4 is 11.3 Å². The summed E-state index contributed by atoms with van der Waals surface area (Å²) >= 11 is 0. The quantitative estimate of drug-likeness (QED) is 0.701. The Morgan fingerprint density at radius 1 is 1.43 bits per heavy atom. The largest absolute Gasteiger partial charge is 0.322 e. The maximum Gasteiger partial charge on any atom is 0.258 e. The van der Waals surface area contributed by atoms with E-state index in [1.807, 2.05) is 12.1 Å². The first-order valence-corrected chi connectivity index (χ1v) is 4.43. The molecule has 2 aromatic rings. The van der Waals surface area contributed by atoms with Gasteiger partial charge in [0.15, 0.2) is 0 Å². The van der Waals surface area contributed by atoms with Crippen molar-refractivity contribution in [2.75, 3.05) is 0 Å². The molecule has 0 radical (unpaired) electrons. The molecule has 0 aliphatic carbocycles. The third kappa shape index (κ3) is 1.40. The first kappa shape index (κ1) is 8.90. The van der Waals surface area contributed by atoms with Crippen molar-refractivity contribution in [1.29, 1.82) is 0 Å². The van der Waals surface area contributed by atoms with E-state index in [0.717, 1.165) is 0 Å². The minimum atomic E-state index is -0.257. The number of benzene rings is 1. The molecular formula is C10H11N3O. The second-order valence-corrected chi connectivity index (χ2v) is 3.26. The molecule has 0 fully saturated rings. The van der Waals surface area contributed by atoms with Crippen LogP contribution in [-0.2, 0) is 0 Å². The topological polar surface area (TPSA) is 71.8 Å². The standard InChI is InChI=1S/C10H11N3O/c1-6(11)9-12-8-5-3-2-4-7(8)10(14)13-9/h2-6H,11H2,1H3,(H,12,13,14)/t6-/m1/s1. The fraction of sp³-hybridized carbons (Fsp3) is 0.200. The Balaban J connectivity index is 2.79. The van der Waals surface area contributed by atoms with Gasteiger partial charge in [-0.2, -0.15) is 0 Å². The molecular weight excluding hydrogens is 178 g/mol. The number of aromatic nitrogens is 2. The Labute approximate surface area is 80.8 Å². The van der Waals surface area contributed by atoms with Gasteiger partial charge < -0.3 is 10.7 Å². The molecule has 1 aromatic heterocycles. The molecule has 1 aromatic carbocycles. The summed E-state index contributed by atoms with van der Waals surface area (Å²) in [6.45, 7) is 1.78. The van der Waals surface area contributed by atoms with Crippen molar-refractivity contribution < 1.29 is 0 Å². The molecule has 0 aliphatic heterocycles. The summed E-state index contributed by atoms with van der Waals surface area (Å²) in [7, 11) is 0. The first-order valence-electron chi connectivity index (χ1n) is 4.43. The second-order valence-electron chi connectivity index (χ2n) is 3.26. The molecule has 0 amide bonds. The molecule has 72 valence electrons. The van der Waals surface area contributed by atoms with Crippen molar-refractivity contribution in [2.24, 2.45) is 5.73 Å². The van der Waals surface area contributed by atoms with Gasteiger partial charge in [0.05, 0.1) is 16.9 Å². The van der Waals surface area contributed by atoms with Gasteiger partial charge in [0.2, 0.25) is 0 Å². The molecule has 0 aliphatic rings. The summed E-state index contributed by atoms with van der Waals surface area (Å²) in [5.74, 6) is 0.522. The van der Waals surface area contributed by atoms with Crippen LogP contribution in [0.3, 0.4) is 0 Å². The Morgan fingerprint density at radius 3 is 2.86 bits per heavy atom. The van der Waals surface area contributed by atoms with Gasteiger partial charge >= 0.3 is 0 Å². The van der Waals surface area contributed by atoms with E-state index in [9.17, 15) is 4.79 Å². The van der Waals surface area contributed by atoms with E-state index < -0.39 is 0 Å². The fourth-order valence-electron chi connectivity index (χ4n) is 1.32. The molecule has 0 saturated carbocycles. The molecule has 0 bridgehead atoms. The van der Waals surface area contributed by atoms with Gasteiger partial charge in [-0.3, -0.25) is 4.79 Å². The van der Waals surface area contributed by atoms with Gasteiger partial charge in [0.25, 0.3) is 5.56 Å². The van der Waals surface area contributed by atoms with Crippen LogP contribution >= 0.6 is 0 Å². The molecule has 0 spiro atoms. The number of nitrogens with one attached hydrogen (secondary N) is 1. The number of fused-ring (bicyclic) bond motifs is 1. The van der Waals surface area contributed by atoms with E-state index in [1.54, 1.807) is 19.1 Å². The maximum absolute atomic E-state index is 11.6. The zero-order chi connectivity index (χ0) is 10.1. The van der Waals surface area contributed by atoms with Gasteiger partial charge in [-0.15, -0.1) is 0 Å². The number of nitrogens with two attached hydrogens (primary N) is 1. The summed E-state index contributed by atoms with van der Waals surface area (Å²) in [6.07, 6.45) is 0. The maximum atomic E-state index is 11.6. The van der Waals surface area contributed by atoms with Crippen LogP contribution in [0, 0.1) is 0 Å². The highest BCUT2D eigenvalue weighted by molar-refractivity contribution is 5.77. The molecule has 14 heavy (non-hydrogen) atoms. The van der Waals surface area contributed by atoms with Gasteiger partial charge in [-0.1, -0.05) is 12.1 Å². The van der Waals surface area contributed by atoms with Crippen LogP contribution in [0.2, 0.25) is 0 Å². The molecule has 3 N–H and O–H groups in total. The lowest BCUT2D eigenvalue weighted by molar-refractivity contribution is 0.741. The van der Waals surface area contributed by atoms with Crippen molar-refractivity contribution in [1.82, 2.24) is 9.97 Å². The molecule has 4 nitrogen and oxygen atoms in total. The van der Waals surface area contributed by atoms with Crippen LogP contribution in [0.1, 0.15) is 18.8 Å². The predicted molar refractivity (Wildman–Crippen MR) is 55.0 cm³/mol.